The topological polar surface area (TPSA) is 23.4 Å². The van der Waals surface area contributed by atoms with E-state index in [4.69, 9.17) is 9.47 Å². The van der Waals surface area contributed by atoms with Crippen molar-refractivity contribution in [2.45, 2.75) is 32.3 Å². The summed E-state index contributed by atoms with van der Waals surface area (Å²) in [6.07, 6.45) is 1.77. The van der Waals surface area contributed by atoms with E-state index < -0.39 is 0 Å². The molecular weight excluding hydrogens is 535 g/mol. The van der Waals surface area contributed by atoms with Crippen LogP contribution >= 0.6 is 22.6 Å². The molecule has 6 heteroatoms. The Morgan fingerprint density at radius 2 is 1.79 bits per heavy atom. The largest absolute Gasteiger partial charge is 0.488 e. The predicted molar refractivity (Wildman–Crippen MR) is 134 cm³/mol. The lowest BCUT2D eigenvalue weighted by Gasteiger charge is -2.25. The first-order chi connectivity index (χ1) is 16.0. The van der Waals surface area contributed by atoms with Crippen LogP contribution in [0, 0.1) is 22.1 Å². The summed E-state index contributed by atoms with van der Waals surface area (Å²) in [4.78, 5) is 0. The first-order valence-corrected chi connectivity index (χ1v) is 12.1. The first-order valence-electron chi connectivity index (χ1n) is 11.1. The van der Waals surface area contributed by atoms with E-state index in [1.54, 1.807) is 19.1 Å². The molecule has 3 aromatic carbocycles. The maximum absolute atomic E-state index is 14.9. The fourth-order valence-corrected chi connectivity index (χ4v) is 5.77. The van der Waals surface area contributed by atoms with Crippen molar-refractivity contribution in [3.05, 3.63) is 92.7 Å². The molecule has 0 N–H and O–H groups in total. The van der Waals surface area contributed by atoms with Crippen LogP contribution < -0.4 is 4.74 Å². The Labute approximate surface area is 205 Å². The average Bonchev–Trinajstić information content (AvgIpc) is 3.12. The Bertz CT molecular complexity index is 1300. The highest BCUT2D eigenvalue weighted by molar-refractivity contribution is 14.1. The van der Waals surface area contributed by atoms with Crippen molar-refractivity contribution >= 4 is 33.5 Å². The molecule has 0 atom stereocenters. The molecular formula is C27H24F2INO2. The van der Waals surface area contributed by atoms with E-state index in [1.165, 1.54) is 12.1 Å². The van der Waals surface area contributed by atoms with Gasteiger partial charge in [-0.3, -0.25) is 0 Å². The van der Waals surface area contributed by atoms with Crippen LogP contribution in [0.3, 0.4) is 0 Å². The highest BCUT2D eigenvalue weighted by atomic mass is 127. The summed E-state index contributed by atoms with van der Waals surface area (Å²) < 4.78 is 43.8. The number of hydrogen-bond acceptors (Lipinski definition) is 2. The van der Waals surface area contributed by atoms with E-state index >= 15 is 0 Å². The maximum Gasteiger partial charge on any atom is 0.133 e. The third-order valence-corrected chi connectivity index (χ3v) is 7.31. The van der Waals surface area contributed by atoms with E-state index in [-0.39, 0.29) is 17.6 Å². The number of rotatable bonds is 5. The van der Waals surface area contributed by atoms with Crippen LogP contribution in [0.15, 0.2) is 60.7 Å². The zero-order valence-corrected chi connectivity index (χ0v) is 20.4. The predicted octanol–water partition coefficient (Wildman–Crippen LogP) is 7.29. The lowest BCUT2D eigenvalue weighted by Crippen LogP contribution is -2.17. The minimum Gasteiger partial charge on any atom is -0.488 e. The lowest BCUT2D eigenvalue weighted by atomic mass is 9.96. The van der Waals surface area contributed by atoms with Gasteiger partial charge in [0.05, 0.1) is 10.9 Å². The van der Waals surface area contributed by atoms with Gasteiger partial charge >= 0.3 is 0 Å². The first kappa shape index (κ1) is 22.3. The maximum atomic E-state index is 14.9. The van der Waals surface area contributed by atoms with Crippen molar-refractivity contribution in [3.8, 4) is 11.4 Å². The molecule has 1 fully saturated rings. The standard InChI is InChI=1S/C27H24F2INO2/c1-17-13-21(7-8-22(17)29)31-23-14-20(28)15-24(33-16-18-5-3-2-4-6-18)25(23)26(30)27(31)19-9-11-32-12-10-19/h2-8,13-15,19H,9-12,16H2,1H3. The number of fused-ring (bicyclic) bond motifs is 1. The van der Waals surface area contributed by atoms with E-state index in [0.717, 1.165) is 44.3 Å². The Hall–Kier alpha value is -2.45. The van der Waals surface area contributed by atoms with Crippen molar-refractivity contribution in [2.75, 3.05) is 13.2 Å². The van der Waals surface area contributed by atoms with Crippen molar-refractivity contribution in [1.29, 1.82) is 0 Å². The van der Waals surface area contributed by atoms with Crippen LogP contribution in [0.4, 0.5) is 8.78 Å². The van der Waals surface area contributed by atoms with Crippen molar-refractivity contribution in [1.82, 2.24) is 4.57 Å². The zero-order valence-electron chi connectivity index (χ0n) is 18.3. The number of aromatic nitrogens is 1. The molecule has 0 spiro atoms. The molecule has 0 bridgehead atoms. The van der Waals surface area contributed by atoms with Gasteiger partial charge in [-0.05, 0) is 77.7 Å². The molecule has 4 aromatic rings. The molecule has 33 heavy (non-hydrogen) atoms. The lowest BCUT2D eigenvalue weighted by molar-refractivity contribution is 0.0841. The molecule has 0 saturated carbocycles. The van der Waals surface area contributed by atoms with Gasteiger partial charge in [-0.15, -0.1) is 0 Å². The summed E-state index contributed by atoms with van der Waals surface area (Å²) in [5.74, 6) is 0.159. The fraction of sp³-hybridized carbons (Fsp3) is 0.259. The molecule has 0 unspecified atom stereocenters. The quantitative estimate of drug-likeness (QED) is 0.240. The van der Waals surface area contributed by atoms with Gasteiger partial charge in [0.25, 0.3) is 0 Å². The van der Waals surface area contributed by atoms with Gasteiger partial charge in [-0.1, -0.05) is 30.3 Å². The summed E-state index contributed by atoms with van der Waals surface area (Å²) >= 11 is 2.36. The Morgan fingerprint density at radius 3 is 2.52 bits per heavy atom. The fourth-order valence-electron chi connectivity index (χ4n) is 4.55. The SMILES string of the molecule is Cc1cc(-n2c(C3CCOCC3)c(I)c3c(OCc4ccccc4)cc(F)cc32)ccc1F. The van der Waals surface area contributed by atoms with Gasteiger partial charge in [0.1, 0.15) is 24.0 Å². The van der Waals surface area contributed by atoms with Crippen LogP contribution in [-0.2, 0) is 11.3 Å². The molecule has 5 rings (SSSR count). The molecule has 1 aliphatic rings. The van der Waals surface area contributed by atoms with E-state index in [0.29, 0.717) is 31.1 Å². The van der Waals surface area contributed by atoms with Gasteiger partial charge < -0.3 is 14.0 Å². The molecule has 0 radical (unpaired) electrons. The summed E-state index contributed by atoms with van der Waals surface area (Å²) in [6, 6.07) is 17.9. The normalized spacial score (nSPS) is 14.7. The summed E-state index contributed by atoms with van der Waals surface area (Å²) in [6.45, 7) is 3.48. The minimum absolute atomic E-state index is 0.254. The zero-order chi connectivity index (χ0) is 22.9. The van der Waals surface area contributed by atoms with Crippen LogP contribution in [0.1, 0.15) is 35.6 Å². The minimum atomic E-state index is -0.363. The van der Waals surface area contributed by atoms with Crippen molar-refractivity contribution in [3.63, 3.8) is 0 Å². The second-order valence-electron chi connectivity index (χ2n) is 8.43. The summed E-state index contributed by atoms with van der Waals surface area (Å²) in [5, 5.41) is 0.886. The molecule has 3 nitrogen and oxygen atoms in total. The highest BCUT2D eigenvalue weighted by Crippen LogP contribution is 2.43. The van der Waals surface area contributed by atoms with Crippen LogP contribution in [-0.4, -0.2) is 17.8 Å². The van der Waals surface area contributed by atoms with E-state index in [9.17, 15) is 8.78 Å². The van der Waals surface area contributed by atoms with Gasteiger partial charge in [0, 0.05) is 40.1 Å². The summed E-state index contributed by atoms with van der Waals surface area (Å²) in [5.41, 5.74) is 4.23. The Morgan fingerprint density at radius 1 is 1.03 bits per heavy atom. The Kier molecular flexibility index (Phi) is 6.38. The van der Waals surface area contributed by atoms with Crippen molar-refractivity contribution < 1.29 is 18.3 Å². The van der Waals surface area contributed by atoms with E-state index in [2.05, 4.69) is 27.2 Å². The van der Waals surface area contributed by atoms with Gasteiger partial charge in [-0.2, -0.15) is 0 Å². The van der Waals surface area contributed by atoms with Crippen molar-refractivity contribution in [2.24, 2.45) is 0 Å². The van der Waals surface area contributed by atoms with E-state index in [1.807, 2.05) is 36.4 Å². The molecule has 0 amide bonds. The Balaban J connectivity index is 1.70. The second kappa shape index (κ2) is 9.43. The van der Waals surface area contributed by atoms with Gasteiger partial charge in [-0.25, -0.2) is 8.78 Å². The number of aryl methyl sites for hydroxylation is 1. The number of halogens is 3. The molecule has 170 valence electrons. The van der Waals surface area contributed by atoms with Gasteiger partial charge in [0.2, 0.25) is 0 Å². The van der Waals surface area contributed by atoms with Crippen LogP contribution in [0.5, 0.6) is 5.75 Å². The third kappa shape index (κ3) is 4.38. The molecule has 1 aromatic heterocycles. The third-order valence-electron chi connectivity index (χ3n) is 6.22. The van der Waals surface area contributed by atoms with Gasteiger partial charge in [0.15, 0.2) is 0 Å². The molecule has 2 heterocycles. The van der Waals surface area contributed by atoms with Crippen LogP contribution in [0.25, 0.3) is 16.6 Å². The number of benzene rings is 3. The molecule has 1 saturated heterocycles. The average molecular weight is 559 g/mol. The molecule has 0 aliphatic carbocycles. The number of nitrogens with zero attached hydrogens (tertiary/aromatic N) is 1. The number of hydrogen-bond donors (Lipinski definition) is 0. The number of ether oxygens (including phenoxy) is 2. The second-order valence-corrected chi connectivity index (χ2v) is 9.51. The van der Waals surface area contributed by atoms with Crippen LogP contribution in [0.2, 0.25) is 0 Å². The summed E-state index contributed by atoms with van der Waals surface area (Å²) in [7, 11) is 0. The smallest absolute Gasteiger partial charge is 0.133 e. The molecule has 1 aliphatic heterocycles. The highest BCUT2D eigenvalue weighted by Gasteiger charge is 2.28. The monoisotopic (exact) mass is 559 g/mol.